The molecule has 6 nitrogen and oxygen atoms in total. The van der Waals surface area contributed by atoms with Gasteiger partial charge < -0.3 is 10.4 Å². The van der Waals surface area contributed by atoms with Crippen LogP contribution in [0.25, 0.3) is 0 Å². The Morgan fingerprint density at radius 3 is 2.39 bits per heavy atom. The second-order valence-electron chi connectivity index (χ2n) is 9.25. The second-order valence-corrected chi connectivity index (χ2v) is 10.9. The summed E-state index contributed by atoms with van der Waals surface area (Å²) in [6, 6.07) is 17.4. The van der Waals surface area contributed by atoms with Crippen LogP contribution < -0.4 is 10.0 Å². The van der Waals surface area contributed by atoms with Crippen molar-refractivity contribution in [2.24, 2.45) is 5.92 Å². The fourth-order valence-electron chi connectivity index (χ4n) is 4.19. The van der Waals surface area contributed by atoms with E-state index in [0.717, 1.165) is 16.7 Å². The highest BCUT2D eigenvalue weighted by atomic mass is 32.2. The summed E-state index contributed by atoms with van der Waals surface area (Å²) in [4.78, 5) is 12.5. The number of carbonyl (C=O) groups is 1. The maximum Gasteiger partial charge on any atom is 0.261 e. The lowest BCUT2D eigenvalue weighted by Crippen LogP contribution is -2.23. The molecule has 192 valence electrons. The SMILES string of the molecule is CC.Cc1ccc(NS(=O)(=O)c2ccc3c(c2)C(O)CC(c2cccc(C(=O)C(C)C)c2)N3)cc1C. The summed E-state index contributed by atoms with van der Waals surface area (Å²) >= 11 is 0. The largest absolute Gasteiger partial charge is 0.388 e. The molecule has 7 heteroatoms. The van der Waals surface area contributed by atoms with Crippen LogP contribution in [-0.4, -0.2) is 19.3 Å². The number of nitrogens with one attached hydrogen (secondary N) is 2. The van der Waals surface area contributed by atoms with E-state index >= 15 is 0 Å². The Morgan fingerprint density at radius 1 is 1.00 bits per heavy atom. The van der Waals surface area contributed by atoms with E-state index < -0.39 is 16.1 Å². The van der Waals surface area contributed by atoms with Crippen LogP contribution in [0.4, 0.5) is 11.4 Å². The van der Waals surface area contributed by atoms with Gasteiger partial charge in [-0.2, -0.15) is 0 Å². The van der Waals surface area contributed by atoms with Crippen molar-refractivity contribution in [3.63, 3.8) is 0 Å². The first-order valence-electron chi connectivity index (χ1n) is 12.4. The smallest absolute Gasteiger partial charge is 0.261 e. The molecular formula is C29H36N2O4S. The highest BCUT2D eigenvalue weighted by molar-refractivity contribution is 7.92. The molecule has 0 aliphatic carbocycles. The van der Waals surface area contributed by atoms with Gasteiger partial charge in [-0.3, -0.25) is 9.52 Å². The van der Waals surface area contributed by atoms with Crippen LogP contribution in [0.2, 0.25) is 0 Å². The van der Waals surface area contributed by atoms with Crippen LogP contribution in [-0.2, 0) is 10.0 Å². The van der Waals surface area contributed by atoms with E-state index in [1.807, 2.05) is 65.8 Å². The van der Waals surface area contributed by atoms with Crippen molar-refractivity contribution < 1.29 is 18.3 Å². The zero-order chi connectivity index (χ0) is 26.6. The fraction of sp³-hybridized carbons (Fsp3) is 0.345. The van der Waals surface area contributed by atoms with Gasteiger partial charge in [0.05, 0.1) is 17.0 Å². The molecule has 1 heterocycles. The number of sulfonamides is 1. The Hall–Kier alpha value is -3.16. The Morgan fingerprint density at radius 2 is 1.72 bits per heavy atom. The second kappa shape index (κ2) is 11.3. The number of aliphatic hydroxyl groups is 1. The van der Waals surface area contributed by atoms with E-state index in [0.29, 0.717) is 28.9 Å². The molecule has 0 saturated heterocycles. The monoisotopic (exact) mass is 508 g/mol. The highest BCUT2D eigenvalue weighted by Gasteiger charge is 2.28. The number of Topliss-reactive ketones (excluding diaryl/α,β-unsaturated/α-hetero) is 1. The van der Waals surface area contributed by atoms with Crippen molar-refractivity contribution in [1.82, 2.24) is 0 Å². The normalized spacial score (nSPS) is 16.9. The van der Waals surface area contributed by atoms with Gasteiger partial charge in [-0.15, -0.1) is 0 Å². The topological polar surface area (TPSA) is 95.5 Å². The summed E-state index contributed by atoms with van der Waals surface area (Å²) < 4.78 is 28.6. The Kier molecular flexibility index (Phi) is 8.59. The number of anilines is 2. The highest BCUT2D eigenvalue weighted by Crippen LogP contribution is 2.40. The molecule has 1 aliphatic heterocycles. The number of benzene rings is 3. The molecule has 0 aromatic heterocycles. The average molecular weight is 509 g/mol. The van der Waals surface area contributed by atoms with Gasteiger partial charge >= 0.3 is 0 Å². The van der Waals surface area contributed by atoms with Crippen molar-refractivity contribution in [2.45, 2.75) is 65.0 Å². The van der Waals surface area contributed by atoms with Crippen molar-refractivity contribution in [1.29, 1.82) is 0 Å². The van der Waals surface area contributed by atoms with Crippen LogP contribution in [0.1, 0.15) is 78.9 Å². The van der Waals surface area contributed by atoms with Crippen molar-refractivity contribution in [3.05, 3.63) is 88.5 Å². The van der Waals surface area contributed by atoms with E-state index in [1.165, 1.54) is 12.1 Å². The molecule has 0 radical (unpaired) electrons. The van der Waals surface area contributed by atoms with Gasteiger partial charge in [0.25, 0.3) is 10.0 Å². The lowest BCUT2D eigenvalue weighted by atomic mass is 9.89. The molecule has 0 spiro atoms. The predicted molar refractivity (Wildman–Crippen MR) is 146 cm³/mol. The van der Waals surface area contributed by atoms with E-state index in [9.17, 15) is 18.3 Å². The average Bonchev–Trinajstić information content (AvgIpc) is 2.86. The number of aryl methyl sites for hydroxylation is 2. The standard InChI is InChI=1S/C27H30N2O4S.C2H6/c1-16(2)27(31)20-7-5-6-19(13-20)25-15-26(30)23-14-22(10-11-24(23)28-25)34(32,33)29-21-9-8-17(3)18(4)12-21;1-2/h5-14,16,25-26,28-30H,15H2,1-4H3;1-2H3. The summed E-state index contributed by atoms with van der Waals surface area (Å²) in [5.74, 6) is -0.0246. The first-order valence-corrected chi connectivity index (χ1v) is 13.9. The lowest BCUT2D eigenvalue weighted by Gasteiger charge is -2.31. The predicted octanol–water partition coefficient (Wildman–Crippen LogP) is 6.56. The first-order chi connectivity index (χ1) is 17.0. The third-order valence-corrected chi connectivity index (χ3v) is 7.72. The van der Waals surface area contributed by atoms with Crippen molar-refractivity contribution in [3.8, 4) is 0 Å². The zero-order valence-electron chi connectivity index (χ0n) is 21.8. The zero-order valence-corrected chi connectivity index (χ0v) is 22.6. The van der Waals surface area contributed by atoms with E-state index in [1.54, 1.807) is 24.3 Å². The number of rotatable bonds is 6. The molecule has 36 heavy (non-hydrogen) atoms. The number of carbonyl (C=O) groups excluding carboxylic acids is 1. The lowest BCUT2D eigenvalue weighted by molar-refractivity contribution is 0.0939. The van der Waals surface area contributed by atoms with Gasteiger partial charge in [0.15, 0.2) is 5.78 Å². The molecule has 2 unspecified atom stereocenters. The van der Waals surface area contributed by atoms with E-state index in [4.69, 9.17) is 0 Å². The maximum absolute atomic E-state index is 13.0. The number of hydrogen-bond donors (Lipinski definition) is 3. The van der Waals surface area contributed by atoms with Gasteiger partial charge in [-0.25, -0.2) is 8.42 Å². The molecule has 0 fully saturated rings. The van der Waals surface area contributed by atoms with Gasteiger partial charge in [0, 0.05) is 34.8 Å². The third kappa shape index (κ3) is 5.97. The van der Waals surface area contributed by atoms with Gasteiger partial charge in [0.1, 0.15) is 0 Å². The van der Waals surface area contributed by atoms with E-state index in [-0.39, 0.29) is 22.6 Å². The minimum Gasteiger partial charge on any atom is -0.388 e. The molecule has 2 atom stereocenters. The summed E-state index contributed by atoms with van der Waals surface area (Å²) in [7, 11) is -3.82. The molecule has 3 N–H and O–H groups in total. The number of ketones is 1. The van der Waals surface area contributed by atoms with Crippen LogP contribution in [0, 0.1) is 19.8 Å². The minimum absolute atomic E-state index is 0.0738. The molecule has 3 aromatic carbocycles. The summed E-state index contributed by atoms with van der Waals surface area (Å²) in [6.45, 7) is 11.6. The Bertz CT molecular complexity index is 1350. The van der Waals surface area contributed by atoms with Crippen LogP contribution in [0.5, 0.6) is 0 Å². The molecular weight excluding hydrogens is 472 g/mol. The van der Waals surface area contributed by atoms with Crippen LogP contribution in [0.3, 0.4) is 0 Å². The van der Waals surface area contributed by atoms with Crippen LogP contribution in [0.15, 0.2) is 65.6 Å². The minimum atomic E-state index is -3.82. The van der Waals surface area contributed by atoms with Crippen molar-refractivity contribution >= 4 is 27.2 Å². The summed E-state index contributed by atoms with van der Waals surface area (Å²) in [6.07, 6.45) is -0.483. The summed E-state index contributed by atoms with van der Waals surface area (Å²) in [5, 5.41) is 14.3. The molecule has 4 rings (SSSR count). The number of hydrogen-bond acceptors (Lipinski definition) is 5. The molecule has 3 aromatic rings. The molecule has 0 bridgehead atoms. The summed E-state index contributed by atoms with van der Waals surface area (Å²) in [5.41, 5.74) is 5.34. The Labute approximate surface area is 214 Å². The van der Waals surface area contributed by atoms with Gasteiger partial charge in [-0.1, -0.05) is 52.0 Å². The van der Waals surface area contributed by atoms with Crippen molar-refractivity contribution in [2.75, 3.05) is 10.0 Å². The third-order valence-electron chi connectivity index (χ3n) is 6.34. The Balaban J connectivity index is 0.00000176. The first kappa shape index (κ1) is 27.4. The van der Waals surface area contributed by atoms with Gasteiger partial charge in [-0.05, 0) is 66.9 Å². The van der Waals surface area contributed by atoms with E-state index in [2.05, 4.69) is 10.0 Å². The number of aliphatic hydroxyl groups excluding tert-OH is 1. The molecule has 0 amide bonds. The number of fused-ring (bicyclic) bond motifs is 1. The quantitative estimate of drug-likeness (QED) is 0.328. The molecule has 1 aliphatic rings. The van der Waals surface area contributed by atoms with Gasteiger partial charge in [0.2, 0.25) is 0 Å². The molecule has 0 saturated carbocycles. The fourth-order valence-corrected chi connectivity index (χ4v) is 5.28. The van der Waals surface area contributed by atoms with Crippen LogP contribution >= 0.6 is 0 Å². The maximum atomic E-state index is 13.0.